The Bertz CT molecular complexity index is 397. The van der Waals surface area contributed by atoms with Gasteiger partial charge in [0.1, 0.15) is 0 Å². The highest BCUT2D eigenvalue weighted by atomic mass is 35.5. The fourth-order valence-corrected chi connectivity index (χ4v) is 2.16. The third kappa shape index (κ3) is 3.47. The van der Waals surface area contributed by atoms with E-state index in [9.17, 15) is 4.79 Å². The number of anilines is 1. The number of hydrogen-bond donors (Lipinski definition) is 2. The molecule has 1 heterocycles. The summed E-state index contributed by atoms with van der Waals surface area (Å²) >= 11 is 0. The molecule has 0 aliphatic carbocycles. The summed E-state index contributed by atoms with van der Waals surface area (Å²) in [6.07, 6.45) is 3.18. The number of carbonyl (C=O) groups is 1. The molecule has 2 rings (SSSR count). The lowest BCUT2D eigenvalue weighted by molar-refractivity contribution is -0.122. The lowest BCUT2D eigenvalue weighted by Gasteiger charge is -2.33. The zero-order valence-corrected chi connectivity index (χ0v) is 11.8. The van der Waals surface area contributed by atoms with Gasteiger partial charge in [-0.25, -0.2) is 0 Å². The molecule has 2 N–H and O–H groups in total. The van der Waals surface area contributed by atoms with Crippen LogP contribution in [-0.4, -0.2) is 18.0 Å². The quantitative estimate of drug-likeness (QED) is 0.866. The van der Waals surface area contributed by atoms with Crippen molar-refractivity contribution in [3.05, 3.63) is 29.8 Å². The van der Waals surface area contributed by atoms with Crippen LogP contribution in [0.3, 0.4) is 0 Å². The predicted octanol–water partition coefficient (Wildman–Crippen LogP) is 2.89. The molecule has 1 fully saturated rings. The van der Waals surface area contributed by atoms with Crippen LogP contribution in [0.25, 0.3) is 0 Å². The second-order valence-corrected chi connectivity index (χ2v) is 5.04. The van der Waals surface area contributed by atoms with Crippen LogP contribution in [0.4, 0.5) is 5.69 Å². The van der Waals surface area contributed by atoms with Crippen LogP contribution < -0.4 is 10.6 Å². The van der Waals surface area contributed by atoms with Gasteiger partial charge in [-0.05, 0) is 51.8 Å². The van der Waals surface area contributed by atoms with Gasteiger partial charge in [-0.2, -0.15) is 0 Å². The number of carbonyl (C=O) groups excluding carboxylic acids is 1. The molecule has 100 valence electrons. The van der Waals surface area contributed by atoms with E-state index in [0.717, 1.165) is 31.5 Å². The Kier molecular flexibility index (Phi) is 5.17. The van der Waals surface area contributed by atoms with E-state index in [0.29, 0.717) is 0 Å². The van der Waals surface area contributed by atoms with Gasteiger partial charge in [0, 0.05) is 5.69 Å². The van der Waals surface area contributed by atoms with E-state index in [-0.39, 0.29) is 18.3 Å². The van der Waals surface area contributed by atoms with Crippen molar-refractivity contribution in [2.75, 3.05) is 11.9 Å². The summed E-state index contributed by atoms with van der Waals surface area (Å²) < 4.78 is 0. The first kappa shape index (κ1) is 15.0. The van der Waals surface area contributed by atoms with E-state index in [1.165, 1.54) is 5.56 Å². The van der Waals surface area contributed by atoms with E-state index >= 15 is 0 Å². The summed E-state index contributed by atoms with van der Waals surface area (Å²) in [4.78, 5) is 12.2. The van der Waals surface area contributed by atoms with Crippen molar-refractivity contribution in [1.29, 1.82) is 0 Å². The summed E-state index contributed by atoms with van der Waals surface area (Å²) in [5.41, 5.74) is 1.66. The molecule has 0 spiro atoms. The number of halogens is 1. The highest BCUT2D eigenvalue weighted by molar-refractivity contribution is 5.97. The number of aryl methyl sites for hydroxylation is 1. The Morgan fingerprint density at radius 1 is 1.28 bits per heavy atom. The maximum absolute atomic E-state index is 12.2. The standard InChI is InChI=1S/C14H20N2O.ClH/c1-11-5-7-12(8-6-11)16-13(17)14(2)9-3-4-10-15-14;/h5-8,15H,3-4,9-10H2,1-2H3,(H,16,17);1H. The molecule has 4 heteroatoms. The number of benzene rings is 1. The summed E-state index contributed by atoms with van der Waals surface area (Å²) in [6.45, 7) is 4.95. The van der Waals surface area contributed by atoms with Gasteiger partial charge in [-0.3, -0.25) is 4.79 Å². The molecule has 1 aromatic rings. The SMILES string of the molecule is Cc1ccc(NC(=O)C2(C)CCCCN2)cc1.Cl. The van der Waals surface area contributed by atoms with Gasteiger partial charge in [-0.15, -0.1) is 12.4 Å². The lowest BCUT2D eigenvalue weighted by atomic mass is 9.90. The first-order valence-electron chi connectivity index (χ1n) is 6.23. The van der Waals surface area contributed by atoms with Crippen LogP contribution in [0.5, 0.6) is 0 Å². The number of amides is 1. The van der Waals surface area contributed by atoms with Crippen LogP contribution in [0.15, 0.2) is 24.3 Å². The first-order valence-corrected chi connectivity index (χ1v) is 6.23. The molecule has 1 unspecified atom stereocenters. The summed E-state index contributed by atoms with van der Waals surface area (Å²) in [5, 5.41) is 6.29. The van der Waals surface area contributed by atoms with Crippen molar-refractivity contribution in [1.82, 2.24) is 5.32 Å². The van der Waals surface area contributed by atoms with Crippen molar-refractivity contribution >= 4 is 24.0 Å². The molecule has 0 bridgehead atoms. The maximum atomic E-state index is 12.2. The monoisotopic (exact) mass is 268 g/mol. The molecular weight excluding hydrogens is 248 g/mol. The van der Waals surface area contributed by atoms with Crippen molar-refractivity contribution in [3.63, 3.8) is 0 Å². The Morgan fingerprint density at radius 3 is 2.50 bits per heavy atom. The van der Waals surface area contributed by atoms with Gasteiger partial charge in [0.25, 0.3) is 0 Å². The molecule has 1 aliphatic rings. The summed E-state index contributed by atoms with van der Waals surface area (Å²) in [6, 6.07) is 7.90. The lowest BCUT2D eigenvalue weighted by Crippen LogP contribution is -2.54. The normalized spacial score (nSPS) is 23.0. The number of piperidine rings is 1. The highest BCUT2D eigenvalue weighted by Gasteiger charge is 2.34. The average molecular weight is 269 g/mol. The number of hydrogen-bond acceptors (Lipinski definition) is 2. The molecule has 1 saturated heterocycles. The van der Waals surface area contributed by atoms with Crippen molar-refractivity contribution in [2.45, 2.75) is 38.6 Å². The smallest absolute Gasteiger partial charge is 0.244 e. The largest absolute Gasteiger partial charge is 0.324 e. The van der Waals surface area contributed by atoms with Crippen LogP contribution in [0.1, 0.15) is 31.7 Å². The maximum Gasteiger partial charge on any atom is 0.244 e. The predicted molar refractivity (Wildman–Crippen MR) is 77.3 cm³/mol. The molecule has 18 heavy (non-hydrogen) atoms. The molecule has 1 aliphatic heterocycles. The van der Waals surface area contributed by atoms with E-state index < -0.39 is 5.54 Å². The number of rotatable bonds is 2. The minimum atomic E-state index is -0.414. The van der Waals surface area contributed by atoms with Crippen LogP contribution in [0, 0.1) is 6.92 Å². The molecular formula is C14H21ClN2O. The Labute approximate surface area is 115 Å². The fraction of sp³-hybridized carbons (Fsp3) is 0.500. The molecule has 0 saturated carbocycles. The second kappa shape index (κ2) is 6.21. The van der Waals surface area contributed by atoms with Crippen LogP contribution in [0.2, 0.25) is 0 Å². The van der Waals surface area contributed by atoms with E-state index in [2.05, 4.69) is 10.6 Å². The summed E-state index contributed by atoms with van der Waals surface area (Å²) in [5.74, 6) is 0.0704. The van der Waals surface area contributed by atoms with Crippen molar-refractivity contribution in [2.24, 2.45) is 0 Å². The van der Waals surface area contributed by atoms with Gasteiger partial charge in [0.2, 0.25) is 5.91 Å². The number of nitrogens with one attached hydrogen (secondary N) is 2. The average Bonchev–Trinajstić information content (AvgIpc) is 2.33. The van der Waals surface area contributed by atoms with Gasteiger partial charge in [0.05, 0.1) is 5.54 Å². The Balaban J connectivity index is 0.00000162. The van der Waals surface area contributed by atoms with Crippen LogP contribution >= 0.6 is 12.4 Å². The summed E-state index contributed by atoms with van der Waals surface area (Å²) in [7, 11) is 0. The van der Waals surface area contributed by atoms with Gasteiger partial charge >= 0.3 is 0 Å². The molecule has 1 amide bonds. The second-order valence-electron chi connectivity index (χ2n) is 5.04. The molecule has 0 radical (unpaired) electrons. The molecule has 1 atom stereocenters. The third-order valence-electron chi connectivity index (χ3n) is 3.43. The van der Waals surface area contributed by atoms with Gasteiger partial charge in [-0.1, -0.05) is 17.7 Å². The third-order valence-corrected chi connectivity index (χ3v) is 3.43. The Morgan fingerprint density at radius 2 is 1.94 bits per heavy atom. The zero-order valence-electron chi connectivity index (χ0n) is 11.0. The van der Waals surface area contributed by atoms with Gasteiger partial charge in [0.15, 0.2) is 0 Å². The van der Waals surface area contributed by atoms with Gasteiger partial charge < -0.3 is 10.6 Å². The Hall–Kier alpha value is -1.06. The minimum absolute atomic E-state index is 0. The van der Waals surface area contributed by atoms with E-state index in [1.807, 2.05) is 38.1 Å². The van der Waals surface area contributed by atoms with E-state index in [4.69, 9.17) is 0 Å². The van der Waals surface area contributed by atoms with Crippen LogP contribution in [-0.2, 0) is 4.79 Å². The molecule has 0 aromatic heterocycles. The zero-order chi connectivity index (χ0) is 12.3. The van der Waals surface area contributed by atoms with Crippen molar-refractivity contribution in [3.8, 4) is 0 Å². The minimum Gasteiger partial charge on any atom is -0.324 e. The fourth-order valence-electron chi connectivity index (χ4n) is 2.16. The van der Waals surface area contributed by atoms with E-state index in [1.54, 1.807) is 0 Å². The van der Waals surface area contributed by atoms with Crippen molar-refractivity contribution < 1.29 is 4.79 Å². The molecule has 3 nitrogen and oxygen atoms in total. The highest BCUT2D eigenvalue weighted by Crippen LogP contribution is 2.21. The first-order chi connectivity index (χ1) is 8.10. The topological polar surface area (TPSA) is 41.1 Å². The molecule has 1 aromatic carbocycles.